The fraction of sp³-hybridized carbons (Fsp3) is 0.222. The highest BCUT2D eigenvalue weighted by molar-refractivity contribution is 9.13. The van der Waals surface area contributed by atoms with E-state index in [0.29, 0.717) is 20.5 Å². The number of furan rings is 1. The number of amidine groups is 1. The molecule has 7 heteroatoms. The van der Waals surface area contributed by atoms with Crippen molar-refractivity contribution in [1.82, 2.24) is 4.90 Å². The minimum Gasteiger partial charge on any atom is -0.449 e. The van der Waals surface area contributed by atoms with Gasteiger partial charge in [-0.25, -0.2) is 4.99 Å². The van der Waals surface area contributed by atoms with Crippen molar-refractivity contribution in [3.63, 3.8) is 0 Å². The molecule has 1 fully saturated rings. The number of carbonyl (C=O) groups excluding carboxylic acids is 1. The van der Waals surface area contributed by atoms with Crippen LogP contribution in [0, 0.1) is 20.8 Å². The van der Waals surface area contributed by atoms with E-state index in [2.05, 4.69) is 50.9 Å². The van der Waals surface area contributed by atoms with E-state index in [1.54, 1.807) is 18.0 Å². The maximum absolute atomic E-state index is 12.5. The molecule has 25 heavy (non-hydrogen) atoms. The Morgan fingerprint density at radius 1 is 1.16 bits per heavy atom. The maximum atomic E-state index is 12.5. The summed E-state index contributed by atoms with van der Waals surface area (Å²) in [5.41, 5.74) is 4.32. The Hall–Kier alpha value is -1.31. The summed E-state index contributed by atoms with van der Waals surface area (Å²) >= 11 is 8.03. The first-order valence-electron chi connectivity index (χ1n) is 7.55. The van der Waals surface area contributed by atoms with Crippen molar-refractivity contribution in [1.29, 1.82) is 0 Å². The first-order valence-corrected chi connectivity index (χ1v) is 9.95. The number of hydrogen-bond acceptors (Lipinski definition) is 4. The molecule has 1 aromatic carbocycles. The van der Waals surface area contributed by atoms with Crippen molar-refractivity contribution in [2.45, 2.75) is 20.8 Å². The standard InChI is InChI=1S/C18H16Br2N2O2S/c1-9-5-10(2)15(11(3)6-9)21-18-22(4)17(23)14(25-18)8-12-7-13(19)16(20)24-12/h5-8H,1-4H3/b14-8-,21-18?. The highest BCUT2D eigenvalue weighted by Gasteiger charge is 2.31. The average Bonchev–Trinajstić information content (AvgIpc) is 2.97. The molecule has 0 bridgehead atoms. The average molecular weight is 484 g/mol. The number of rotatable bonds is 2. The molecule has 3 rings (SSSR count). The molecule has 1 aromatic heterocycles. The molecular formula is C18H16Br2N2O2S. The molecule has 0 spiro atoms. The second kappa shape index (κ2) is 7.13. The minimum atomic E-state index is -0.0881. The van der Waals surface area contributed by atoms with Gasteiger partial charge >= 0.3 is 0 Å². The highest BCUT2D eigenvalue weighted by atomic mass is 79.9. The lowest BCUT2D eigenvalue weighted by Crippen LogP contribution is -2.23. The van der Waals surface area contributed by atoms with Crippen LogP contribution in [-0.4, -0.2) is 23.0 Å². The van der Waals surface area contributed by atoms with E-state index in [9.17, 15) is 4.79 Å². The van der Waals surface area contributed by atoms with Gasteiger partial charge in [0.25, 0.3) is 5.91 Å². The molecule has 1 aliphatic rings. The van der Waals surface area contributed by atoms with E-state index in [4.69, 9.17) is 9.41 Å². The van der Waals surface area contributed by atoms with E-state index >= 15 is 0 Å². The summed E-state index contributed by atoms with van der Waals surface area (Å²) in [6.07, 6.45) is 1.73. The van der Waals surface area contributed by atoms with Crippen molar-refractivity contribution in [2.75, 3.05) is 7.05 Å². The molecule has 2 aromatic rings. The van der Waals surface area contributed by atoms with Crippen LogP contribution in [0.2, 0.25) is 0 Å². The number of benzene rings is 1. The van der Waals surface area contributed by atoms with Gasteiger partial charge in [-0.1, -0.05) is 17.7 Å². The molecule has 1 amide bonds. The fourth-order valence-electron chi connectivity index (χ4n) is 2.66. The van der Waals surface area contributed by atoms with Crippen LogP contribution in [0.25, 0.3) is 6.08 Å². The molecule has 0 aliphatic carbocycles. The van der Waals surface area contributed by atoms with Crippen molar-refractivity contribution in [2.24, 2.45) is 4.99 Å². The molecule has 0 radical (unpaired) electrons. The number of halogens is 2. The fourth-order valence-corrected chi connectivity index (χ4v) is 4.22. The monoisotopic (exact) mass is 482 g/mol. The van der Waals surface area contributed by atoms with Crippen molar-refractivity contribution < 1.29 is 9.21 Å². The summed E-state index contributed by atoms with van der Waals surface area (Å²) in [4.78, 5) is 19.4. The van der Waals surface area contributed by atoms with E-state index < -0.39 is 0 Å². The Kier molecular flexibility index (Phi) is 5.27. The van der Waals surface area contributed by atoms with Crippen molar-refractivity contribution in [3.8, 4) is 0 Å². The van der Waals surface area contributed by atoms with E-state index in [-0.39, 0.29) is 5.91 Å². The summed E-state index contributed by atoms with van der Waals surface area (Å²) in [5.74, 6) is 0.516. The van der Waals surface area contributed by atoms with Crippen molar-refractivity contribution >= 4 is 66.5 Å². The highest BCUT2D eigenvalue weighted by Crippen LogP contribution is 2.36. The van der Waals surface area contributed by atoms with Crippen LogP contribution in [0.15, 0.2) is 41.7 Å². The van der Waals surface area contributed by atoms with Crippen molar-refractivity contribution in [3.05, 3.63) is 54.7 Å². The van der Waals surface area contributed by atoms with E-state index in [1.165, 1.54) is 17.3 Å². The summed E-state index contributed by atoms with van der Waals surface area (Å²) < 4.78 is 6.94. The van der Waals surface area contributed by atoms with Gasteiger partial charge in [-0.15, -0.1) is 0 Å². The first kappa shape index (κ1) is 18.5. The summed E-state index contributed by atoms with van der Waals surface area (Å²) in [7, 11) is 1.74. The molecule has 0 saturated carbocycles. The summed E-state index contributed by atoms with van der Waals surface area (Å²) in [6.45, 7) is 6.14. The topological polar surface area (TPSA) is 45.8 Å². The summed E-state index contributed by atoms with van der Waals surface area (Å²) in [6, 6.07) is 6.01. The van der Waals surface area contributed by atoms with Gasteiger partial charge in [-0.3, -0.25) is 9.69 Å². The third-order valence-electron chi connectivity index (χ3n) is 3.78. The summed E-state index contributed by atoms with van der Waals surface area (Å²) in [5, 5.41) is 0.663. The lowest BCUT2D eigenvalue weighted by atomic mass is 10.1. The zero-order chi connectivity index (χ0) is 18.3. The zero-order valence-corrected chi connectivity index (χ0v) is 18.2. The first-order chi connectivity index (χ1) is 11.8. The van der Waals surface area contributed by atoms with Gasteiger partial charge in [0.15, 0.2) is 9.84 Å². The Morgan fingerprint density at radius 2 is 1.80 bits per heavy atom. The third-order valence-corrected chi connectivity index (χ3v) is 6.55. The number of amides is 1. The maximum Gasteiger partial charge on any atom is 0.266 e. The number of aliphatic imine (C=N–C) groups is 1. The third kappa shape index (κ3) is 3.78. The van der Waals surface area contributed by atoms with Crippen LogP contribution in [0.3, 0.4) is 0 Å². The Balaban J connectivity index is 1.96. The van der Waals surface area contributed by atoms with Gasteiger partial charge in [0.05, 0.1) is 15.1 Å². The second-order valence-corrected chi connectivity index (χ2v) is 8.47. The van der Waals surface area contributed by atoms with Crippen LogP contribution in [0.1, 0.15) is 22.5 Å². The van der Waals surface area contributed by atoms with Crippen LogP contribution in [-0.2, 0) is 4.79 Å². The van der Waals surface area contributed by atoms with Gasteiger partial charge in [-0.05, 0) is 81.6 Å². The van der Waals surface area contributed by atoms with Gasteiger partial charge in [0.2, 0.25) is 0 Å². The molecule has 130 valence electrons. The second-order valence-electron chi connectivity index (χ2n) is 5.89. The molecule has 1 saturated heterocycles. The smallest absolute Gasteiger partial charge is 0.266 e. The predicted molar refractivity (Wildman–Crippen MR) is 110 cm³/mol. The zero-order valence-electron chi connectivity index (χ0n) is 14.2. The van der Waals surface area contributed by atoms with Gasteiger partial charge in [0.1, 0.15) is 5.76 Å². The number of thioether (sulfide) groups is 1. The molecule has 0 unspecified atom stereocenters. The Labute approximate surface area is 167 Å². The molecule has 0 N–H and O–H groups in total. The van der Waals surface area contributed by atoms with Crippen LogP contribution in [0.5, 0.6) is 0 Å². The normalized spacial score (nSPS) is 18.0. The number of aryl methyl sites for hydroxylation is 3. The SMILES string of the molecule is Cc1cc(C)c(N=C2S/C(=C\c3cc(Br)c(Br)o3)C(=O)N2C)c(C)c1. The largest absolute Gasteiger partial charge is 0.449 e. The van der Waals surface area contributed by atoms with Gasteiger partial charge in [-0.2, -0.15) is 0 Å². The van der Waals surface area contributed by atoms with Crippen LogP contribution >= 0.6 is 43.6 Å². The van der Waals surface area contributed by atoms with Crippen LogP contribution in [0.4, 0.5) is 5.69 Å². The minimum absolute atomic E-state index is 0.0881. The van der Waals surface area contributed by atoms with Gasteiger partial charge in [0, 0.05) is 13.1 Å². The number of carbonyl (C=O) groups is 1. The number of hydrogen-bond donors (Lipinski definition) is 0. The molecule has 4 nitrogen and oxygen atoms in total. The lowest BCUT2D eigenvalue weighted by molar-refractivity contribution is -0.121. The Morgan fingerprint density at radius 3 is 2.36 bits per heavy atom. The van der Waals surface area contributed by atoms with Gasteiger partial charge < -0.3 is 4.42 Å². The molecular weight excluding hydrogens is 468 g/mol. The van der Waals surface area contributed by atoms with E-state index in [1.807, 2.05) is 19.9 Å². The molecule has 0 atom stereocenters. The lowest BCUT2D eigenvalue weighted by Gasteiger charge is -2.11. The predicted octanol–water partition coefficient (Wildman–Crippen LogP) is 5.96. The molecule has 1 aliphatic heterocycles. The number of likely N-dealkylation sites (N-methyl/N-ethyl adjacent to an activating group) is 1. The number of nitrogens with zero attached hydrogens (tertiary/aromatic N) is 2. The van der Waals surface area contributed by atoms with E-state index in [0.717, 1.165) is 21.3 Å². The Bertz CT molecular complexity index is 889. The molecule has 2 heterocycles. The quantitative estimate of drug-likeness (QED) is 0.494. The van der Waals surface area contributed by atoms with Crippen LogP contribution < -0.4 is 0 Å².